The lowest BCUT2D eigenvalue weighted by Crippen LogP contribution is -2.60. The first kappa shape index (κ1) is 24.8. The van der Waals surface area contributed by atoms with E-state index in [1.165, 1.54) is 5.57 Å². The van der Waals surface area contributed by atoms with Gasteiger partial charge in [0.1, 0.15) is 29.5 Å². The Balaban J connectivity index is 1.15. The van der Waals surface area contributed by atoms with Gasteiger partial charge < -0.3 is 38.8 Å². The Bertz CT molecular complexity index is 846. The van der Waals surface area contributed by atoms with Crippen molar-refractivity contribution in [3.8, 4) is 0 Å². The van der Waals surface area contributed by atoms with Crippen LogP contribution in [0.5, 0.6) is 0 Å². The molecular weight excluding hydrogens is 454 g/mol. The van der Waals surface area contributed by atoms with Crippen LogP contribution in [0, 0.1) is 5.92 Å². The number of likely N-dealkylation sites (tertiary alicyclic amines) is 1. The molecule has 196 valence electrons. The molecular formula is C25H39N3O7. The Morgan fingerprint density at radius 1 is 1.11 bits per heavy atom. The van der Waals surface area contributed by atoms with Gasteiger partial charge in [-0.25, -0.2) is 9.59 Å². The van der Waals surface area contributed by atoms with Crippen LogP contribution < -0.4 is 5.32 Å². The van der Waals surface area contributed by atoms with Crippen molar-refractivity contribution in [2.75, 3.05) is 53.0 Å². The highest BCUT2D eigenvalue weighted by Crippen LogP contribution is 2.59. The molecule has 0 aromatic heterocycles. The highest BCUT2D eigenvalue weighted by molar-refractivity contribution is 5.71. The Morgan fingerprint density at radius 3 is 2.43 bits per heavy atom. The predicted octanol–water partition coefficient (Wildman–Crippen LogP) is 1.93. The number of carbonyl (C=O) groups excluding carboxylic acids is 2. The van der Waals surface area contributed by atoms with Crippen LogP contribution in [-0.4, -0.2) is 111 Å². The summed E-state index contributed by atoms with van der Waals surface area (Å²) in [6.45, 7) is 10.5. The van der Waals surface area contributed by atoms with Crippen LogP contribution in [0.15, 0.2) is 11.6 Å². The predicted molar refractivity (Wildman–Crippen MR) is 126 cm³/mol. The summed E-state index contributed by atoms with van der Waals surface area (Å²) in [5, 5.41) is 3.21. The zero-order valence-electron chi connectivity index (χ0n) is 21.3. The molecule has 5 aliphatic rings. The van der Waals surface area contributed by atoms with Gasteiger partial charge in [-0.05, 0) is 40.0 Å². The maximum atomic E-state index is 12.9. The molecule has 1 unspecified atom stereocenters. The molecule has 5 fully saturated rings. The van der Waals surface area contributed by atoms with E-state index in [0.717, 1.165) is 25.9 Å². The Hall–Kier alpha value is -1.88. The van der Waals surface area contributed by atoms with Gasteiger partial charge in [-0.2, -0.15) is 0 Å². The minimum Gasteiger partial charge on any atom is -0.443 e. The monoisotopic (exact) mass is 493 g/mol. The van der Waals surface area contributed by atoms with Gasteiger partial charge in [0.15, 0.2) is 0 Å². The number of epoxide rings is 2. The lowest BCUT2D eigenvalue weighted by molar-refractivity contribution is -0.126. The van der Waals surface area contributed by atoms with E-state index in [0.29, 0.717) is 39.2 Å². The van der Waals surface area contributed by atoms with Crippen molar-refractivity contribution in [1.82, 2.24) is 15.1 Å². The number of hydrogen-bond donors (Lipinski definition) is 1. The number of amides is 2. The molecule has 5 rings (SSSR count). The molecule has 4 saturated heterocycles. The minimum atomic E-state index is -0.388. The third-order valence-corrected chi connectivity index (χ3v) is 8.24. The van der Waals surface area contributed by atoms with Gasteiger partial charge in [-0.1, -0.05) is 11.6 Å². The lowest BCUT2D eigenvalue weighted by Gasteiger charge is -2.44. The first-order valence-corrected chi connectivity index (χ1v) is 12.9. The number of nitrogens with zero attached hydrogens (tertiary/aromatic N) is 2. The maximum Gasteiger partial charge on any atom is 0.410 e. The Morgan fingerprint density at radius 2 is 1.80 bits per heavy atom. The minimum absolute atomic E-state index is 0.00811. The molecule has 2 amide bonds. The quantitative estimate of drug-likeness (QED) is 0.442. The largest absolute Gasteiger partial charge is 0.443 e. The number of ether oxygens (including phenoxy) is 5. The number of hydrogen-bond acceptors (Lipinski definition) is 8. The summed E-state index contributed by atoms with van der Waals surface area (Å²) in [6, 6.07) is 0. The van der Waals surface area contributed by atoms with E-state index in [9.17, 15) is 9.59 Å². The molecule has 1 aliphatic carbocycles. The molecule has 6 atom stereocenters. The van der Waals surface area contributed by atoms with E-state index in [1.807, 2.05) is 0 Å². The van der Waals surface area contributed by atoms with Crippen molar-refractivity contribution >= 4 is 12.2 Å². The van der Waals surface area contributed by atoms with Crippen LogP contribution in [0.1, 0.15) is 40.0 Å². The molecule has 10 nitrogen and oxygen atoms in total. The molecule has 0 aromatic rings. The summed E-state index contributed by atoms with van der Waals surface area (Å²) in [5.41, 5.74) is 0.650. The van der Waals surface area contributed by atoms with Crippen LogP contribution in [0.2, 0.25) is 0 Å². The van der Waals surface area contributed by atoms with Gasteiger partial charge in [0.25, 0.3) is 0 Å². The van der Waals surface area contributed by atoms with Crippen molar-refractivity contribution in [3.05, 3.63) is 11.6 Å². The van der Waals surface area contributed by atoms with E-state index in [1.54, 1.807) is 16.9 Å². The second kappa shape index (κ2) is 9.53. The summed E-state index contributed by atoms with van der Waals surface area (Å²) in [5.74, 6) is -0.00811. The van der Waals surface area contributed by atoms with Crippen LogP contribution >= 0.6 is 0 Å². The van der Waals surface area contributed by atoms with Crippen LogP contribution in [0.4, 0.5) is 9.59 Å². The summed E-state index contributed by atoms with van der Waals surface area (Å²) < 4.78 is 29.7. The normalized spacial score (nSPS) is 38.5. The molecule has 1 N–H and O–H groups in total. The number of piperazine rings is 1. The molecule has 0 aromatic carbocycles. The Kier molecular flexibility index (Phi) is 6.76. The highest BCUT2D eigenvalue weighted by atomic mass is 16.6. The third-order valence-electron chi connectivity index (χ3n) is 8.24. The zero-order chi connectivity index (χ0) is 24.8. The van der Waals surface area contributed by atoms with E-state index < -0.39 is 0 Å². The van der Waals surface area contributed by atoms with E-state index >= 15 is 0 Å². The second-order valence-electron chi connectivity index (χ2n) is 10.9. The molecule has 35 heavy (non-hydrogen) atoms. The Labute approximate surface area is 207 Å². The average molecular weight is 494 g/mol. The van der Waals surface area contributed by atoms with Crippen molar-refractivity contribution in [2.45, 2.75) is 75.7 Å². The fraction of sp³-hybridized carbons (Fsp3) is 0.840. The fourth-order valence-corrected chi connectivity index (χ4v) is 6.00. The first-order chi connectivity index (χ1) is 16.8. The van der Waals surface area contributed by atoms with E-state index in [2.05, 4.69) is 32.2 Å². The first-order valence-electron chi connectivity index (χ1n) is 12.9. The molecule has 4 heterocycles. The van der Waals surface area contributed by atoms with Crippen molar-refractivity contribution in [3.63, 3.8) is 0 Å². The number of methoxy groups -OCH3 is 1. The number of carbonyl (C=O) groups is 2. The summed E-state index contributed by atoms with van der Waals surface area (Å²) in [4.78, 5) is 28.5. The number of allylic oxidation sites excluding steroid dienone is 1. The molecule has 10 heteroatoms. The lowest BCUT2D eigenvalue weighted by atomic mass is 9.68. The van der Waals surface area contributed by atoms with Gasteiger partial charge >= 0.3 is 12.2 Å². The van der Waals surface area contributed by atoms with Gasteiger partial charge in [-0.15, -0.1) is 0 Å². The highest BCUT2D eigenvalue weighted by Gasteiger charge is 2.72. The van der Waals surface area contributed by atoms with Gasteiger partial charge in [0, 0.05) is 33.3 Å². The molecule has 4 aliphatic heterocycles. The maximum absolute atomic E-state index is 12.9. The SMILES string of the molecule is CO[C@H]1C([C@@]2(C)O[C@@H]2CC=C(C)C)[C@]2(CC[C@H]1OC(=O)N1CC(OC(=O)N3CCNCC3)C1)CO2. The average Bonchev–Trinajstić information content (AvgIpc) is 3.73. The van der Waals surface area contributed by atoms with Gasteiger partial charge in [0.05, 0.1) is 31.7 Å². The van der Waals surface area contributed by atoms with Crippen LogP contribution in [0.3, 0.4) is 0 Å². The van der Waals surface area contributed by atoms with Crippen molar-refractivity contribution in [2.24, 2.45) is 5.92 Å². The fourth-order valence-electron chi connectivity index (χ4n) is 6.00. The molecule has 0 bridgehead atoms. The standard InChI is InChI=1S/C25H39N3O7/c1-16(2)5-6-19-24(3,35-19)21-20(31-4)18(7-8-25(21)15-32-25)34-23(30)28-13-17(14-28)33-22(29)27-11-9-26-10-12-27/h5,17-21,26H,6-15H2,1-4H3/t18-,19-,20-,21?,24+,25+/m1/s1. The van der Waals surface area contributed by atoms with Crippen molar-refractivity contribution in [1.29, 1.82) is 0 Å². The topological polar surface area (TPSA) is 105 Å². The van der Waals surface area contributed by atoms with Gasteiger partial charge in [0.2, 0.25) is 0 Å². The molecule has 0 radical (unpaired) electrons. The van der Waals surface area contributed by atoms with Gasteiger partial charge in [-0.3, -0.25) is 0 Å². The summed E-state index contributed by atoms with van der Waals surface area (Å²) >= 11 is 0. The summed E-state index contributed by atoms with van der Waals surface area (Å²) in [6.07, 6.45) is 2.99. The van der Waals surface area contributed by atoms with Crippen molar-refractivity contribution < 1.29 is 33.3 Å². The molecule has 1 saturated carbocycles. The zero-order valence-corrected chi connectivity index (χ0v) is 21.3. The van der Waals surface area contributed by atoms with E-state index in [4.69, 9.17) is 23.7 Å². The molecule has 1 spiro atoms. The third kappa shape index (κ3) is 4.90. The van der Waals surface area contributed by atoms with Crippen LogP contribution in [0.25, 0.3) is 0 Å². The smallest absolute Gasteiger partial charge is 0.410 e. The van der Waals surface area contributed by atoms with E-state index in [-0.39, 0.29) is 53.7 Å². The second-order valence-corrected chi connectivity index (χ2v) is 10.9. The summed E-state index contributed by atoms with van der Waals surface area (Å²) in [7, 11) is 1.67. The number of nitrogens with one attached hydrogen (secondary N) is 1. The van der Waals surface area contributed by atoms with Crippen LogP contribution in [-0.2, 0) is 23.7 Å². The number of rotatable bonds is 6.